The van der Waals surface area contributed by atoms with Crippen LogP contribution in [0, 0.1) is 12.7 Å². The fourth-order valence-electron chi connectivity index (χ4n) is 4.41. The summed E-state index contributed by atoms with van der Waals surface area (Å²) in [5, 5.41) is 0. The second kappa shape index (κ2) is 9.63. The van der Waals surface area contributed by atoms with Gasteiger partial charge in [-0.3, -0.25) is 0 Å². The smallest absolute Gasteiger partial charge is 0.322 e. The van der Waals surface area contributed by atoms with E-state index in [0.29, 0.717) is 51.5 Å². The minimum atomic E-state index is -0.619. The number of hydrogen-bond acceptors (Lipinski definition) is 9. The van der Waals surface area contributed by atoms with Crippen LogP contribution in [0.1, 0.15) is 17.5 Å². The van der Waals surface area contributed by atoms with E-state index >= 15 is 4.39 Å². The van der Waals surface area contributed by atoms with Gasteiger partial charge in [-0.2, -0.15) is 0 Å². The average Bonchev–Trinajstić information content (AvgIpc) is 3.53. The van der Waals surface area contributed by atoms with Gasteiger partial charge < -0.3 is 30.2 Å². The van der Waals surface area contributed by atoms with Crippen LogP contribution in [0.5, 0.6) is 11.8 Å². The van der Waals surface area contributed by atoms with E-state index < -0.39 is 12.1 Å². The van der Waals surface area contributed by atoms with Gasteiger partial charge in [0.15, 0.2) is 23.7 Å². The number of nitrogens with zero attached hydrogens (tertiary/aromatic N) is 5. The number of aryl methyl sites for hydroxylation is 1. The number of aromatic nitrogens is 5. The van der Waals surface area contributed by atoms with E-state index in [4.69, 9.17) is 25.7 Å². The van der Waals surface area contributed by atoms with Crippen LogP contribution in [0.2, 0.25) is 0 Å². The van der Waals surface area contributed by atoms with Gasteiger partial charge in [0.2, 0.25) is 0 Å². The van der Waals surface area contributed by atoms with Crippen molar-refractivity contribution in [2.45, 2.75) is 13.2 Å². The van der Waals surface area contributed by atoms with Gasteiger partial charge in [-0.15, -0.1) is 0 Å². The number of benzene rings is 2. The molecule has 38 heavy (non-hydrogen) atoms. The maximum Gasteiger partial charge on any atom is 0.322 e. The predicted octanol–water partition coefficient (Wildman–Crippen LogP) is 5.09. The molecule has 0 bridgehead atoms. The summed E-state index contributed by atoms with van der Waals surface area (Å²) in [5.41, 5.74) is 17.3. The molecule has 5 aromatic rings. The summed E-state index contributed by atoms with van der Waals surface area (Å²) in [4.78, 5) is 16.8. The van der Waals surface area contributed by atoms with Crippen LogP contribution in [0.25, 0.3) is 28.0 Å². The Balaban J connectivity index is 1.55. The third kappa shape index (κ3) is 4.22. The Kier molecular flexibility index (Phi) is 6.14. The molecular weight excluding hydrogens is 557 g/mol. The number of nitrogen functional groups attached to an aromatic ring is 2. The quantitative estimate of drug-likeness (QED) is 0.273. The number of fused-ring (bicyclic) bond motifs is 1. The summed E-state index contributed by atoms with van der Waals surface area (Å²) in [7, 11) is 0. The summed E-state index contributed by atoms with van der Waals surface area (Å²) in [6.07, 6.45) is 2.31. The summed E-state index contributed by atoms with van der Waals surface area (Å²) in [6.45, 7) is 2.71. The highest BCUT2D eigenvalue weighted by atomic mass is 79.9. The molecule has 192 valence electrons. The zero-order valence-electron chi connectivity index (χ0n) is 20.1. The number of hydrogen-bond donors (Lipinski definition) is 2. The standard InChI is InChI=1S/C26H21BrFN7O3/c1-13-6-7-31-26(34-13)38-19-5-3-15(11-18(19)28)35-22(20(27)21-23(35)24(30)33-12-32-21)16-4-2-14(29)10-17(16)25-36-8-9-37-25/h2-7,10-12,25H,8-9,29H2,1H3,(H2,30,32,33). The van der Waals surface area contributed by atoms with Crippen molar-refractivity contribution in [3.8, 4) is 28.7 Å². The first-order chi connectivity index (χ1) is 18.4. The largest absolute Gasteiger partial charge is 0.421 e. The Bertz CT molecular complexity index is 1690. The first kappa shape index (κ1) is 24.2. The van der Waals surface area contributed by atoms with Crippen molar-refractivity contribution in [1.29, 1.82) is 0 Å². The third-order valence-electron chi connectivity index (χ3n) is 6.07. The van der Waals surface area contributed by atoms with Gasteiger partial charge in [0.25, 0.3) is 0 Å². The minimum Gasteiger partial charge on any atom is -0.421 e. The van der Waals surface area contributed by atoms with Gasteiger partial charge in [0.1, 0.15) is 17.4 Å². The molecule has 0 aliphatic carbocycles. The first-order valence-electron chi connectivity index (χ1n) is 11.6. The molecule has 0 atom stereocenters. The van der Waals surface area contributed by atoms with E-state index in [9.17, 15) is 0 Å². The van der Waals surface area contributed by atoms with Crippen LogP contribution in [-0.2, 0) is 9.47 Å². The van der Waals surface area contributed by atoms with E-state index in [1.54, 1.807) is 42.0 Å². The molecule has 3 aromatic heterocycles. The maximum atomic E-state index is 15.4. The molecule has 2 aromatic carbocycles. The fourth-order valence-corrected chi connectivity index (χ4v) is 5.09. The topological polar surface area (TPSA) is 136 Å². The van der Waals surface area contributed by atoms with Crippen molar-refractivity contribution in [3.05, 3.63) is 76.5 Å². The van der Waals surface area contributed by atoms with Crippen molar-refractivity contribution < 1.29 is 18.6 Å². The lowest BCUT2D eigenvalue weighted by atomic mass is 10.0. The van der Waals surface area contributed by atoms with Crippen molar-refractivity contribution in [3.63, 3.8) is 0 Å². The highest BCUT2D eigenvalue weighted by Gasteiger charge is 2.28. The van der Waals surface area contributed by atoms with Gasteiger partial charge in [-0.25, -0.2) is 24.3 Å². The van der Waals surface area contributed by atoms with Gasteiger partial charge in [-0.1, -0.05) is 6.07 Å². The molecule has 0 radical (unpaired) electrons. The van der Waals surface area contributed by atoms with Crippen LogP contribution in [0.3, 0.4) is 0 Å². The molecule has 4 heterocycles. The van der Waals surface area contributed by atoms with Crippen LogP contribution in [0.4, 0.5) is 15.9 Å². The van der Waals surface area contributed by atoms with E-state index in [1.807, 2.05) is 6.07 Å². The summed E-state index contributed by atoms with van der Waals surface area (Å²) in [5.74, 6) is -0.422. The molecule has 12 heteroatoms. The third-order valence-corrected chi connectivity index (χ3v) is 6.82. The van der Waals surface area contributed by atoms with E-state index in [2.05, 4.69) is 35.9 Å². The second-order valence-corrected chi connectivity index (χ2v) is 9.36. The Hall–Kier alpha value is -4.13. The Morgan fingerprint density at radius 2 is 1.87 bits per heavy atom. The lowest BCUT2D eigenvalue weighted by Gasteiger charge is -2.19. The Morgan fingerprint density at radius 3 is 2.63 bits per heavy atom. The summed E-state index contributed by atoms with van der Waals surface area (Å²) in [6, 6.07) is 11.8. The molecule has 1 aliphatic rings. The minimum absolute atomic E-state index is 0.0263. The van der Waals surface area contributed by atoms with Crippen LogP contribution >= 0.6 is 15.9 Å². The van der Waals surface area contributed by atoms with Gasteiger partial charge in [0, 0.05) is 40.5 Å². The monoisotopic (exact) mass is 577 g/mol. The molecule has 4 N–H and O–H groups in total. The van der Waals surface area contributed by atoms with Crippen molar-refractivity contribution >= 4 is 38.5 Å². The highest BCUT2D eigenvalue weighted by Crippen LogP contribution is 2.44. The number of ether oxygens (including phenoxy) is 3. The van der Waals surface area contributed by atoms with Crippen LogP contribution in [-0.4, -0.2) is 37.7 Å². The van der Waals surface area contributed by atoms with Gasteiger partial charge >= 0.3 is 6.01 Å². The summed E-state index contributed by atoms with van der Waals surface area (Å²) < 4.78 is 35.0. The van der Waals surface area contributed by atoms with Crippen molar-refractivity contribution in [1.82, 2.24) is 24.5 Å². The number of anilines is 2. The highest BCUT2D eigenvalue weighted by molar-refractivity contribution is 9.10. The molecule has 1 fully saturated rings. The lowest BCUT2D eigenvalue weighted by Crippen LogP contribution is -2.06. The van der Waals surface area contributed by atoms with Crippen molar-refractivity contribution in [2.75, 3.05) is 24.7 Å². The molecule has 10 nitrogen and oxygen atoms in total. The molecular formula is C26H21BrFN7O3. The molecule has 0 amide bonds. The van der Waals surface area contributed by atoms with Crippen LogP contribution < -0.4 is 16.2 Å². The zero-order valence-corrected chi connectivity index (χ0v) is 21.6. The Labute approximate surface area is 224 Å². The van der Waals surface area contributed by atoms with Crippen molar-refractivity contribution in [2.24, 2.45) is 0 Å². The van der Waals surface area contributed by atoms with E-state index in [0.717, 1.165) is 11.1 Å². The normalized spacial score (nSPS) is 13.9. The lowest BCUT2D eigenvalue weighted by molar-refractivity contribution is -0.0436. The maximum absolute atomic E-state index is 15.4. The number of nitrogens with two attached hydrogens (primary N) is 2. The molecule has 1 saturated heterocycles. The Morgan fingerprint density at radius 1 is 1.05 bits per heavy atom. The molecule has 0 saturated carbocycles. The number of halogens is 2. The fraction of sp³-hybridized carbons (Fsp3) is 0.154. The van der Waals surface area contributed by atoms with Crippen LogP contribution in [0.15, 0.2) is 59.5 Å². The van der Waals surface area contributed by atoms with Gasteiger partial charge in [0.05, 0.1) is 23.4 Å². The predicted molar refractivity (Wildman–Crippen MR) is 142 cm³/mol. The molecule has 0 unspecified atom stereocenters. The van der Waals surface area contributed by atoms with E-state index in [-0.39, 0.29) is 17.6 Å². The SMILES string of the molecule is Cc1ccnc(Oc2ccc(-n3c(-c4ccc(N)cc4C4OCCO4)c(Br)c4ncnc(N)c43)cc2F)n1. The molecule has 0 spiro atoms. The van der Waals surface area contributed by atoms with E-state index in [1.165, 1.54) is 18.5 Å². The average molecular weight is 578 g/mol. The molecule has 6 rings (SSSR count). The summed E-state index contributed by atoms with van der Waals surface area (Å²) >= 11 is 3.70. The molecule has 1 aliphatic heterocycles. The number of rotatable bonds is 5. The second-order valence-electron chi connectivity index (χ2n) is 8.57. The van der Waals surface area contributed by atoms with Gasteiger partial charge in [-0.05, 0) is 53.2 Å². The first-order valence-corrected chi connectivity index (χ1v) is 12.4. The zero-order chi connectivity index (χ0) is 26.4.